The second-order valence-electron chi connectivity index (χ2n) is 8.85. The highest BCUT2D eigenvalue weighted by Crippen LogP contribution is 2.35. The summed E-state index contributed by atoms with van der Waals surface area (Å²) in [7, 11) is -2.37. The van der Waals surface area contributed by atoms with Gasteiger partial charge in [0.05, 0.1) is 23.5 Å². The second kappa shape index (κ2) is 13.7. The van der Waals surface area contributed by atoms with Crippen LogP contribution in [-0.2, 0) is 14.8 Å². The molecule has 0 aliphatic carbocycles. The van der Waals surface area contributed by atoms with Crippen molar-refractivity contribution in [1.82, 2.24) is 4.90 Å². The molecular formula is C28H36N2O5S2. The first-order valence-corrected chi connectivity index (χ1v) is 15.0. The fraction of sp³-hybridized carbons (Fsp3) is 0.429. The Bertz CT molecular complexity index is 1240. The van der Waals surface area contributed by atoms with E-state index in [-0.39, 0.29) is 16.0 Å². The van der Waals surface area contributed by atoms with Crippen molar-refractivity contribution in [2.24, 2.45) is 4.40 Å². The lowest BCUT2D eigenvalue weighted by Crippen LogP contribution is -2.29. The number of thioether (sulfide) groups is 1. The van der Waals surface area contributed by atoms with E-state index >= 15 is 0 Å². The molecule has 9 heteroatoms. The average Bonchev–Trinajstić information content (AvgIpc) is 3.16. The molecule has 0 bridgehead atoms. The van der Waals surface area contributed by atoms with Gasteiger partial charge in [0.15, 0.2) is 16.7 Å². The third-order valence-corrected chi connectivity index (χ3v) is 8.37. The van der Waals surface area contributed by atoms with Crippen LogP contribution in [0.1, 0.15) is 63.5 Å². The third-order valence-electron chi connectivity index (χ3n) is 5.96. The Morgan fingerprint density at radius 2 is 1.68 bits per heavy atom. The first kappa shape index (κ1) is 28.8. The van der Waals surface area contributed by atoms with Crippen LogP contribution in [0.25, 0.3) is 6.08 Å². The molecule has 2 aromatic carbocycles. The first-order valence-electron chi connectivity index (χ1n) is 12.7. The number of hydrogen-bond donors (Lipinski definition) is 0. The van der Waals surface area contributed by atoms with Gasteiger partial charge >= 0.3 is 0 Å². The van der Waals surface area contributed by atoms with Crippen LogP contribution in [0.2, 0.25) is 0 Å². The van der Waals surface area contributed by atoms with Crippen LogP contribution < -0.4 is 9.47 Å². The van der Waals surface area contributed by atoms with Crippen LogP contribution in [0.5, 0.6) is 11.5 Å². The van der Waals surface area contributed by atoms with Gasteiger partial charge < -0.3 is 9.47 Å². The van der Waals surface area contributed by atoms with Gasteiger partial charge in [-0.2, -0.15) is 8.42 Å². The maximum absolute atomic E-state index is 13.0. The highest BCUT2D eigenvalue weighted by molar-refractivity contribution is 8.19. The maximum atomic E-state index is 13.0. The van der Waals surface area contributed by atoms with E-state index in [1.807, 2.05) is 25.1 Å². The van der Waals surface area contributed by atoms with Crippen LogP contribution in [0.15, 0.2) is 56.7 Å². The Kier molecular flexibility index (Phi) is 10.6. The number of benzene rings is 2. The molecule has 0 aromatic heterocycles. The van der Waals surface area contributed by atoms with E-state index in [9.17, 15) is 13.2 Å². The van der Waals surface area contributed by atoms with E-state index < -0.39 is 10.0 Å². The van der Waals surface area contributed by atoms with Gasteiger partial charge in [-0.3, -0.25) is 9.69 Å². The smallest absolute Gasteiger partial charge is 0.284 e. The standard InChI is InChI=1S/C28H36N2O5S2/c1-5-7-8-9-10-11-18-35-24-17-14-22(19-25(24)34-4)20-26-27(31)30(6-2)28(36-26)29-37(32,33)23-15-12-21(3)13-16-23/h12-17,19-20H,5-11,18H2,1-4H3. The van der Waals surface area contributed by atoms with E-state index in [1.54, 1.807) is 32.2 Å². The van der Waals surface area contributed by atoms with E-state index in [0.29, 0.717) is 29.6 Å². The van der Waals surface area contributed by atoms with Crippen molar-refractivity contribution >= 4 is 38.9 Å². The summed E-state index contributed by atoms with van der Waals surface area (Å²) < 4.78 is 41.1. The molecule has 37 heavy (non-hydrogen) atoms. The number of amides is 1. The van der Waals surface area contributed by atoms with Gasteiger partial charge in [-0.25, -0.2) is 0 Å². The molecule has 1 heterocycles. The van der Waals surface area contributed by atoms with Gasteiger partial charge in [0.2, 0.25) is 0 Å². The molecule has 0 radical (unpaired) electrons. The average molecular weight is 545 g/mol. The fourth-order valence-corrected chi connectivity index (χ4v) is 6.07. The minimum atomic E-state index is -3.95. The summed E-state index contributed by atoms with van der Waals surface area (Å²) in [5, 5.41) is 0.144. The highest BCUT2D eigenvalue weighted by Gasteiger charge is 2.34. The van der Waals surface area contributed by atoms with Gasteiger partial charge in [-0.15, -0.1) is 4.40 Å². The van der Waals surface area contributed by atoms with E-state index in [2.05, 4.69) is 11.3 Å². The molecule has 0 atom stereocenters. The maximum Gasteiger partial charge on any atom is 0.284 e. The largest absolute Gasteiger partial charge is 0.493 e. The number of rotatable bonds is 13. The topological polar surface area (TPSA) is 85.3 Å². The monoisotopic (exact) mass is 544 g/mol. The minimum Gasteiger partial charge on any atom is -0.493 e. The summed E-state index contributed by atoms with van der Waals surface area (Å²) in [6.07, 6.45) is 8.85. The Morgan fingerprint density at radius 3 is 2.35 bits per heavy atom. The van der Waals surface area contributed by atoms with Crippen LogP contribution in [0.3, 0.4) is 0 Å². The number of nitrogens with zero attached hydrogens (tertiary/aromatic N) is 2. The second-order valence-corrected chi connectivity index (χ2v) is 11.5. The summed E-state index contributed by atoms with van der Waals surface area (Å²) in [6.45, 7) is 6.80. The molecule has 2 aromatic rings. The third kappa shape index (κ3) is 7.85. The zero-order chi connectivity index (χ0) is 26.8. The van der Waals surface area contributed by atoms with E-state index in [1.165, 1.54) is 42.7 Å². The molecule has 1 aliphatic rings. The first-order chi connectivity index (χ1) is 17.8. The molecule has 1 amide bonds. The summed E-state index contributed by atoms with van der Waals surface area (Å²) in [4.78, 5) is 14.9. The van der Waals surface area contributed by atoms with Gasteiger partial charge in [0.1, 0.15) is 0 Å². The molecule has 0 spiro atoms. The number of likely N-dealkylation sites (N-methyl/N-ethyl adjacent to an activating group) is 1. The van der Waals surface area contributed by atoms with Gasteiger partial charge in [-0.05, 0) is 67.9 Å². The predicted molar refractivity (Wildman–Crippen MR) is 151 cm³/mol. The van der Waals surface area contributed by atoms with Crippen molar-refractivity contribution in [1.29, 1.82) is 0 Å². The van der Waals surface area contributed by atoms with Crippen LogP contribution in [-0.4, -0.2) is 44.7 Å². The number of carbonyl (C=O) groups is 1. The minimum absolute atomic E-state index is 0.0911. The van der Waals surface area contributed by atoms with Crippen molar-refractivity contribution in [3.63, 3.8) is 0 Å². The SMILES string of the molecule is CCCCCCCCOc1ccc(C=C2SC(=NS(=O)(=O)c3ccc(C)cc3)N(CC)C2=O)cc1OC. The molecule has 1 fully saturated rings. The van der Waals surface area contributed by atoms with Gasteiger partial charge in [-0.1, -0.05) is 62.8 Å². The Morgan fingerprint density at radius 1 is 0.973 bits per heavy atom. The van der Waals surface area contributed by atoms with Crippen molar-refractivity contribution in [2.45, 2.75) is 64.2 Å². The van der Waals surface area contributed by atoms with Crippen LogP contribution >= 0.6 is 11.8 Å². The van der Waals surface area contributed by atoms with E-state index in [4.69, 9.17) is 9.47 Å². The zero-order valence-corrected chi connectivity index (χ0v) is 23.7. The molecular weight excluding hydrogens is 508 g/mol. The van der Waals surface area contributed by atoms with Crippen molar-refractivity contribution in [2.75, 3.05) is 20.3 Å². The molecule has 7 nitrogen and oxygen atoms in total. The molecule has 200 valence electrons. The normalized spacial score (nSPS) is 16.1. The zero-order valence-electron chi connectivity index (χ0n) is 22.0. The lowest BCUT2D eigenvalue weighted by atomic mass is 10.1. The van der Waals surface area contributed by atoms with Crippen molar-refractivity contribution in [3.05, 3.63) is 58.5 Å². The number of methoxy groups -OCH3 is 1. The van der Waals surface area contributed by atoms with Crippen molar-refractivity contribution in [3.8, 4) is 11.5 Å². The molecule has 3 rings (SSSR count). The fourth-order valence-electron chi connectivity index (χ4n) is 3.83. The predicted octanol–water partition coefficient (Wildman–Crippen LogP) is 6.42. The van der Waals surface area contributed by atoms with E-state index in [0.717, 1.165) is 35.7 Å². The number of hydrogen-bond acceptors (Lipinski definition) is 6. The number of carbonyl (C=O) groups excluding carboxylic acids is 1. The number of ether oxygens (including phenoxy) is 2. The quantitative estimate of drug-likeness (QED) is 0.214. The Hall–Kier alpha value is -2.78. The molecule has 0 unspecified atom stereocenters. The summed E-state index contributed by atoms with van der Waals surface area (Å²) in [5.74, 6) is 0.955. The molecule has 1 saturated heterocycles. The summed E-state index contributed by atoms with van der Waals surface area (Å²) >= 11 is 1.05. The van der Waals surface area contributed by atoms with Crippen LogP contribution in [0.4, 0.5) is 0 Å². The lowest BCUT2D eigenvalue weighted by molar-refractivity contribution is -0.122. The summed E-state index contributed by atoms with van der Waals surface area (Å²) in [6, 6.07) is 12.0. The number of amidine groups is 1. The molecule has 0 N–H and O–H groups in total. The number of sulfonamides is 1. The van der Waals surface area contributed by atoms with Crippen molar-refractivity contribution < 1.29 is 22.7 Å². The molecule has 1 aliphatic heterocycles. The van der Waals surface area contributed by atoms with Gasteiger partial charge in [0.25, 0.3) is 15.9 Å². The Balaban J connectivity index is 1.73. The lowest BCUT2D eigenvalue weighted by Gasteiger charge is -2.12. The highest BCUT2D eigenvalue weighted by atomic mass is 32.2. The van der Waals surface area contributed by atoms with Gasteiger partial charge in [0, 0.05) is 6.54 Å². The number of aryl methyl sites for hydroxylation is 1. The molecule has 0 saturated carbocycles. The Labute approximate surface area is 225 Å². The van der Waals surface area contributed by atoms with Crippen LogP contribution in [0, 0.1) is 6.92 Å². The number of unbranched alkanes of at least 4 members (excludes halogenated alkanes) is 5. The summed E-state index contributed by atoms with van der Waals surface area (Å²) in [5.41, 5.74) is 1.70.